The summed E-state index contributed by atoms with van der Waals surface area (Å²) in [5.41, 5.74) is 5.06. The first kappa shape index (κ1) is 14.3. The lowest BCUT2D eigenvalue weighted by Gasteiger charge is -2.17. The number of carboxylic acids is 1. The third-order valence-corrected chi connectivity index (χ3v) is 3.27. The molecule has 98 valence electrons. The third-order valence-electron chi connectivity index (χ3n) is 3.27. The number of methoxy groups -OCH3 is 1. The highest BCUT2D eigenvalue weighted by atomic mass is 16.5. The zero-order chi connectivity index (χ0) is 13.9. The number of carboxylic acid groups (broad SMARTS) is 1. The lowest BCUT2D eigenvalue weighted by Crippen LogP contribution is -2.01. The molecule has 0 unspecified atom stereocenters. The first-order valence-corrected chi connectivity index (χ1v) is 6.01. The summed E-state index contributed by atoms with van der Waals surface area (Å²) in [6.07, 6.45) is 1.99. The molecule has 0 heterocycles. The number of aliphatic carboxylic acids is 1. The molecule has 0 atom stereocenters. The smallest absolute Gasteiger partial charge is 0.328 e. The molecule has 18 heavy (non-hydrogen) atoms. The van der Waals surface area contributed by atoms with Gasteiger partial charge in [0.05, 0.1) is 7.11 Å². The number of carbonyl (C=O) groups is 1. The summed E-state index contributed by atoms with van der Waals surface area (Å²) < 4.78 is 5.32. The van der Waals surface area contributed by atoms with E-state index in [1.165, 1.54) is 6.08 Å². The van der Waals surface area contributed by atoms with Gasteiger partial charge in [-0.1, -0.05) is 6.92 Å². The van der Waals surface area contributed by atoms with Gasteiger partial charge in [-0.3, -0.25) is 0 Å². The Labute approximate surface area is 108 Å². The van der Waals surface area contributed by atoms with Gasteiger partial charge in [-0.05, 0) is 61.1 Å². The minimum absolute atomic E-state index is 0.694. The Morgan fingerprint density at radius 1 is 1.33 bits per heavy atom. The van der Waals surface area contributed by atoms with Gasteiger partial charge >= 0.3 is 5.97 Å². The van der Waals surface area contributed by atoms with E-state index in [1.54, 1.807) is 7.11 Å². The van der Waals surface area contributed by atoms with Crippen LogP contribution in [0.15, 0.2) is 12.1 Å². The molecule has 0 aliphatic rings. The van der Waals surface area contributed by atoms with Crippen molar-refractivity contribution in [1.82, 2.24) is 0 Å². The molecule has 3 nitrogen and oxygen atoms in total. The molecule has 0 aliphatic carbocycles. The van der Waals surface area contributed by atoms with Crippen LogP contribution in [0.2, 0.25) is 0 Å². The summed E-state index contributed by atoms with van der Waals surface area (Å²) in [5, 5.41) is 8.93. The topological polar surface area (TPSA) is 46.5 Å². The van der Waals surface area contributed by atoms with Gasteiger partial charge in [-0.2, -0.15) is 0 Å². The monoisotopic (exact) mass is 248 g/mol. The van der Waals surface area contributed by atoms with Gasteiger partial charge in [0.25, 0.3) is 0 Å². The van der Waals surface area contributed by atoms with E-state index in [0.29, 0.717) is 6.42 Å². The van der Waals surface area contributed by atoms with Gasteiger partial charge in [-0.25, -0.2) is 4.79 Å². The van der Waals surface area contributed by atoms with Crippen molar-refractivity contribution in [2.75, 3.05) is 7.11 Å². The number of benzene rings is 1. The second-order valence-electron chi connectivity index (χ2n) is 4.38. The molecule has 0 aliphatic heterocycles. The Hall–Kier alpha value is -1.77. The summed E-state index contributed by atoms with van der Waals surface area (Å²) in [5.74, 6) is -0.0568. The van der Waals surface area contributed by atoms with E-state index >= 15 is 0 Å². The molecule has 0 fully saturated rings. The Morgan fingerprint density at radius 2 is 1.94 bits per heavy atom. The molecule has 0 radical (unpaired) electrons. The largest absolute Gasteiger partial charge is 0.496 e. The van der Waals surface area contributed by atoms with E-state index in [4.69, 9.17) is 9.84 Å². The highest BCUT2D eigenvalue weighted by Gasteiger charge is 2.14. The average molecular weight is 248 g/mol. The average Bonchev–Trinajstić information content (AvgIpc) is 2.32. The van der Waals surface area contributed by atoms with Crippen molar-refractivity contribution >= 4 is 11.5 Å². The van der Waals surface area contributed by atoms with Crippen LogP contribution in [0.3, 0.4) is 0 Å². The molecule has 0 saturated heterocycles. The second-order valence-corrected chi connectivity index (χ2v) is 4.38. The van der Waals surface area contributed by atoms with Crippen LogP contribution in [0, 0.1) is 20.8 Å². The Bertz CT molecular complexity index is 499. The van der Waals surface area contributed by atoms with Gasteiger partial charge in [0.15, 0.2) is 0 Å². The number of rotatable bonds is 4. The maximum atomic E-state index is 10.9. The fourth-order valence-corrected chi connectivity index (χ4v) is 2.25. The van der Waals surface area contributed by atoms with Crippen molar-refractivity contribution < 1.29 is 14.6 Å². The van der Waals surface area contributed by atoms with E-state index in [1.807, 2.05) is 33.8 Å². The van der Waals surface area contributed by atoms with Crippen LogP contribution in [-0.4, -0.2) is 18.2 Å². The number of hydrogen-bond acceptors (Lipinski definition) is 2. The number of ether oxygens (including phenoxy) is 1. The van der Waals surface area contributed by atoms with Gasteiger partial charge in [0.2, 0.25) is 0 Å². The van der Waals surface area contributed by atoms with E-state index in [-0.39, 0.29) is 0 Å². The predicted molar refractivity (Wildman–Crippen MR) is 73.1 cm³/mol. The van der Waals surface area contributed by atoms with Crippen molar-refractivity contribution in [2.45, 2.75) is 34.1 Å². The van der Waals surface area contributed by atoms with E-state index in [9.17, 15) is 4.79 Å². The van der Waals surface area contributed by atoms with Crippen LogP contribution < -0.4 is 4.74 Å². The summed E-state index contributed by atoms with van der Waals surface area (Å²) in [6.45, 7) is 7.94. The van der Waals surface area contributed by atoms with Gasteiger partial charge in [0.1, 0.15) is 5.75 Å². The molecule has 1 aromatic rings. The van der Waals surface area contributed by atoms with Crippen LogP contribution in [0.1, 0.15) is 35.6 Å². The molecular formula is C15H20O3. The molecule has 3 heteroatoms. The van der Waals surface area contributed by atoms with Crippen molar-refractivity contribution in [2.24, 2.45) is 0 Å². The predicted octanol–water partition coefficient (Wildman–Crippen LogP) is 3.50. The van der Waals surface area contributed by atoms with E-state index in [0.717, 1.165) is 33.6 Å². The van der Waals surface area contributed by atoms with Crippen LogP contribution in [0.25, 0.3) is 5.57 Å². The van der Waals surface area contributed by atoms with Crippen molar-refractivity contribution in [3.05, 3.63) is 34.4 Å². The SMILES string of the molecule is CC/C(=C\C(=O)O)c1c(C)cc(OC)c(C)c1C. The summed E-state index contributed by atoms with van der Waals surface area (Å²) >= 11 is 0. The standard InChI is InChI=1S/C15H20O3/c1-6-12(8-14(16)17)15-9(2)7-13(18-5)10(3)11(15)4/h7-8H,6H2,1-5H3,(H,16,17)/b12-8+. The molecule has 0 aromatic heterocycles. The zero-order valence-corrected chi connectivity index (χ0v) is 11.6. The molecule has 0 amide bonds. The van der Waals surface area contributed by atoms with Crippen molar-refractivity contribution in [3.63, 3.8) is 0 Å². The van der Waals surface area contributed by atoms with Crippen LogP contribution in [-0.2, 0) is 4.79 Å². The maximum Gasteiger partial charge on any atom is 0.328 e. The summed E-state index contributed by atoms with van der Waals surface area (Å²) in [4.78, 5) is 10.9. The minimum Gasteiger partial charge on any atom is -0.496 e. The molecule has 0 spiro atoms. The highest BCUT2D eigenvalue weighted by Crippen LogP contribution is 2.33. The number of hydrogen-bond donors (Lipinski definition) is 1. The van der Waals surface area contributed by atoms with E-state index in [2.05, 4.69) is 0 Å². The zero-order valence-electron chi connectivity index (χ0n) is 11.6. The quantitative estimate of drug-likeness (QED) is 0.829. The Morgan fingerprint density at radius 3 is 2.39 bits per heavy atom. The van der Waals surface area contributed by atoms with Gasteiger partial charge < -0.3 is 9.84 Å². The molecule has 0 bridgehead atoms. The van der Waals surface area contributed by atoms with Crippen LogP contribution in [0.5, 0.6) is 5.75 Å². The molecule has 1 N–H and O–H groups in total. The Balaban J connectivity index is 3.50. The minimum atomic E-state index is -0.904. The van der Waals surface area contributed by atoms with Crippen LogP contribution >= 0.6 is 0 Å². The second kappa shape index (κ2) is 5.71. The Kier molecular flexibility index (Phi) is 4.54. The lowest BCUT2D eigenvalue weighted by atomic mass is 9.90. The first-order chi connectivity index (χ1) is 8.42. The first-order valence-electron chi connectivity index (χ1n) is 6.01. The number of aryl methyl sites for hydroxylation is 1. The summed E-state index contributed by atoms with van der Waals surface area (Å²) in [7, 11) is 1.65. The van der Waals surface area contributed by atoms with E-state index < -0.39 is 5.97 Å². The van der Waals surface area contributed by atoms with Crippen molar-refractivity contribution in [3.8, 4) is 5.75 Å². The fraction of sp³-hybridized carbons (Fsp3) is 0.400. The fourth-order valence-electron chi connectivity index (χ4n) is 2.25. The van der Waals surface area contributed by atoms with Gasteiger partial charge in [-0.15, -0.1) is 0 Å². The van der Waals surface area contributed by atoms with Crippen molar-refractivity contribution in [1.29, 1.82) is 0 Å². The summed E-state index contributed by atoms with van der Waals surface area (Å²) in [6, 6.07) is 1.96. The lowest BCUT2D eigenvalue weighted by molar-refractivity contribution is -0.131. The molecular weight excluding hydrogens is 228 g/mol. The van der Waals surface area contributed by atoms with Crippen LogP contribution in [0.4, 0.5) is 0 Å². The molecule has 1 aromatic carbocycles. The number of allylic oxidation sites excluding steroid dienone is 1. The maximum absolute atomic E-state index is 10.9. The molecule has 1 rings (SSSR count). The van der Waals surface area contributed by atoms with Gasteiger partial charge in [0, 0.05) is 6.08 Å². The molecule has 0 saturated carbocycles. The highest BCUT2D eigenvalue weighted by molar-refractivity contribution is 5.91. The third kappa shape index (κ3) is 2.73. The normalized spacial score (nSPS) is 11.5.